The van der Waals surface area contributed by atoms with E-state index >= 15 is 0 Å². The highest BCUT2D eigenvalue weighted by molar-refractivity contribution is 5.10. The standard InChI is InChI=1S/C27H48O2/c1-24(2,28)14-7-6-8-19-10-12-22-21-11-9-20-18-25(3,29)16-17-27(20,5)23(21)13-15-26(19,22)4/h19-23,28-29H,6-18H2,1-5H3. The molecule has 0 aromatic rings. The summed E-state index contributed by atoms with van der Waals surface area (Å²) in [5.74, 6) is 4.45. The number of hydrogen-bond donors (Lipinski definition) is 2. The molecular formula is C27H48O2. The average Bonchev–Trinajstić information content (AvgIpc) is 2.95. The van der Waals surface area contributed by atoms with Crippen molar-refractivity contribution < 1.29 is 10.2 Å². The molecule has 4 aliphatic rings. The van der Waals surface area contributed by atoms with E-state index in [1.54, 1.807) is 0 Å². The maximum absolute atomic E-state index is 10.7. The van der Waals surface area contributed by atoms with E-state index in [1.807, 2.05) is 13.8 Å². The van der Waals surface area contributed by atoms with Crippen molar-refractivity contribution >= 4 is 0 Å². The zero-order valence-corrected chi connectivity index (χ0v) is 20.0. The number of aliphatic hydroxyl groups is 2. The van der Waals surface area contributed by atoms with Crippen LogP contribution in [0.5, 0.6) is 0 Å². The van der Waals surface area contributed by atoms with Crippen LogP contribution in [0.2, 0.25) is 0 Å². The van der Waals surface area contributed by atoms with Crippen LogP contribution in [0.15, 0.2) is 0 Å². The molecule has 168 valence electrons. The lowest BCUT2D eigenvalue weighted by Gasteiger charge is -2.62. The van der Waals surface area contributed by atoms with Crippen LogP contribution >= 0.6 is 0 Å². The van der Waals surface area contributed by atoms with Gasteiger partial charge in [-0.15, -0.1) is 0 Å². The van der Waals surface area contributed by atoms with Crippen LogP contribution in [0.25, 0.3) is 0 Å². The molecule has 4 aliphatic carbocycles. The molecular weight excluding hydrogens is 356 g/mol. The topological polar surface area (TPSA) is 40.5 Å². The van der Waals surface area contributed by atoms with Gasteiger partial charge in [0.25, 0.3) is 0 Å². The zero-order valence-electron chi connectivity index (χ0n) is 20.0. The van der Waals surface area contributed by atoms with E-state index in [2.05, 4.69) is 20.8 Å². The van der Waals surface area contributed by atoms with E-state index in [-0.39, 0.29) is 0 Å². The quantitative estimate of drug-likeness (QED) is 0.499. The van der Waals surface area contributed by atoms with Gasteiger partial charge in [-0.05, 0) is 132 Å². The summed E-state index contributed by atoms with van der Waals surface area (Å²) in [6.45, 7) is 11.2. The van der Waals surface area contributed by atoms with Crippen molar-refractivity contribution in [3.05, 3.63) is 0 Å². The fraction of sp³-hybridized carbons (Fsp3) is 1.00. The molecule has 0 amide bonds. The van der Waals surface area contributed by atoms with Crippen LogP contribution in [-0.2, 0) is 0 Å². The van der Waals surface area contributed by atoms with Crippen molar-refractivity contribution in [3.63, 3.8) is 0 Å². The second-order valence-corrected chi connectivity index (χ2v) is 13.2. The lowest BCUT2D eigenvalue weighted by Crippen LogP contribution is -2.55. The maximum atomic E-state index is 10.7. The van der Waals surface area contributed by atoms with Crippen molar-refractivity contribution in [2.24, 2.45) is 40.4 Å². The Morgan fingerprint density at radius 3 is 2.28 bits per heavy atom. The van der Waals surface area contributed by atoms with Gasteiger partial charge in [0.05, 0.1) is 11.2 Å². The van der Waals surface area contributed by atoms with Gasteiger partial charge in [-0.2, -0.15) is 0 Å². The van der Waals surface area contributed by atoms with E-state index in [0.29, 0.717) is 10.8 Å². The molecule has 2 nitrogen and oxygen atoms in total. The first-order valence-electron chi connectivity index (χ1n) is 12.9. The van der Waals surface area contributed by atoms with E-state index in [4.69, 9.17) is 0 Å². The molecule has 0 bridgehead atoms. The van der Waals surface area contributed by atoms with Crippen LogP contribution in [0.3, 0.4) is 0 Å². The Hall–Kier alpha value is -0.0800. The van der Waals surface area contributed by atoms with E-state index in [0.717, 1.165) is 48.9 Å². The molecule has 29 heavy (non-hydrogen) atoms. The highest BCUT2D eigenvalue weighted by Gasteiger charge is 2.60. The van der Waals surface area contributed by atoms with Crippen molar-refractivity contribution in [3.8, 4) is 0 Å². The second-order valence-electron chi connectivity index (χ2n) is 13.2. The Balaban J connectivity index is 1.41. The molecule has 0 radical (unpaired) electrons. The Morgan fingerprint density at radius 1 is 0.828 bits per heavy atom. The predicted molar refractivity (Wildman–Crippen MR) is 121 cm³/mol. The van der Waals surface area contributed by atoms with Crippen molar-refractivity contribution in [2.45, 2.75) is 129 Å². The second kappa shape index (κ2) is 7.51. The third-order valence-corrected chi connectivity index (χ3v) is 10.7. The Bertz CT molecular complexity index is 590. The van der Waals surface area contributed by atoms with E-state index < -0.39 is 11.2 Å². The molecule has 0 aliphatic heterocycles. The molecule has 4 fully saturated rings. The first-order chi connectivity index (χ1) is 13.4. The minimum Gasteiger partial charge on any atom is -0.390 e. The summed E-state index contributed by atoms with van der Waals surface area (Å²) in [6, 6.07) is 0. The zero-order chi connectivity index (χ0) is 21.1. The SMILES string of the molecule is CC(C)(O)CCCCC1CCC2C3CCC4CC(C)(O)CCC4(C)C3CCC12C. The van der Waals surface area contributed by atoms with Crippen molar-refractivity contribution in [1.29, 1.82) is 0 Å². The summed E-state index contributed by atoms with van der Waals surface area (Å²) in [5, 5.41) is 20.7. The fourth-order valence-electron chi connectivity index (χ4n) is 8.96. The number of hydrogen-bond acceptors (Lipinski definition) is 2. The molecule has 2 heteroatoms. The third-order valence-electron chi connectivity index (χ3n) is 10.7. The smallest absolute Gasteiger partial charge is 0.0622 e. The molecule has 8 unspecified atom stereocenters. The summed E-state index contributed by atoms with van der Waals surface area (Å²) >= 11 is 0. The van der Waals surface area contributed by atoms with Crippen LogP contribution in [0.4, 0.5) is 0 Å². The van der Waals surface area contributed by atoms with E-state index in [1.165, 1.54) is 64.2 Å². The third kappa shape index (κ3) is 4.07. The normalized spacial score (nSPS) is 50.0. The van der Waals surface area contributed by atoms with Gasteiger partial charge in [-0.1, -0.05) is 26.7 Å². The minimum absolute atomic E-state index is 0.415. The van der Waals surface area contributed by atoms with Crippen LogP contribution < -0.4 is 0 Å². The summed E-state index contributed by atoms with van der Waals surface area (Å²) in [7, 11) is 0. The number of rotatable bonds is 5. The van der Waals surface area contributed by atoms with E-state index in [9.17, 15) is 10.2 Å². The summed E-state index contributed by atoms with van der Waals surface area (Å²) in [6.07, 6.45) is 16.6. The van der Waals surface area contributed by atoms with Crippen LogP contribution in [-0.4, -0.2) is 21.4 Å². The monoisotopic (exact) mass is 404 g/mol. The van der Waals surface area contributed by atoms with Crippen LogP contribution in [0.1, 0.15) is 118 Å². The molecule has 8 atom stereocenters. The molecule has 0 aromatic heterocycles. The first-order valence-corrected chi connectivity index (χ1v) is 12.9. The van der Waals surface area contributed by atoms with Gasteiger partial charge < -0.3 is 10.2 Å². The highest BCUT2D eigenvalue weighted by atomic mass is 16.3. The van der Waals surface area contributed by atoms with Gasteiger partial charge >= 0.3 is 0 Å². The van der Waals surface area contributed by atoms with Gasteiger partial charge in [-0.3, -0.25) is 0 Å². The van der Waals surface area contributed by atoms with Crippen molar-refractivity contribution in [1.82, 2.24) is 0 Å². The average molecular weight is 405 g/mol. The maximum Gasteiger partial charge on any atom is 0.0622 e. The van der Waals surface area contributed by atoms with Crippen molar-refractivity contribution in [2.75, 3.05) is 0 Å². The predicted octanol–water partition coefficient (Wildman–Crippen LogP) is 6.73. The lowest BCUT2D eigenvalue weighted by molar-refractivity contribution is -0.146. The summed E-state index contributed by atoms with van der Waals surface area (Å²) in [4.78, 5) is 0. The summed E-state index contributed by atoms with van der Waals surface area (Å²) < 4.78 is 0. The molecule has 0 aromatic carbocycles. The highest BCUT2D eigenvalue weighted by Crippen LogP contribution is 2.68. The van der Waals surface area contributed by atoms with Gasteiger partial charge in [0, 0.05) is 0 Å². The molecule has 0 spiro atoms. The molecule has 2 N–H and O–H groups in total. The van der Waals surface area contributed by atoms with Gasteiger partial charge in [0.2, 0.25) is 0 Å². The number of unbranched alkanes of at least 4 members (excludes halogenated alkanes) is 1. The van der Waals surface area contributed by atoms with Gasteiger partial charge in [-0.25, -0.2) is 0 Å². The Labute approximate surface area is 180 Å². The largest absolute Gasteiger partial charge is 0.390 e. The summed E-state index contributed by atoms with van der Waals surface area (Å²) in [5.41, 5.74) is 0.136. The van der Waals surface area contributed by atoms with Gasteiger partial charge in [0.1, 0.15) is 0 Å². The fourth-order valence-corrected chi connectivity index (χ4v) is 8.96. The van der Waals surface area contributed by atoms with Crippen LogP contribution in [0, 0.1) is 40.4 Å². The Morgan fingerprint density at radius 2 is 1.55 bits per heavy atom. The molecule has 4 saturated carbocycles. The number of fused-ring (bicyclic) bond motifs is 5. The molecule has 0 saturated heterocycles. The first kappa shape index (κ1) is 22.1. The molecule has 0 heterocycles. The Kier molecular flexibility index (Phi) is 5.73. The molecule has 4 rings (SSSR count). The lowest BCUT2D eigenvalue weighted by atomic mass is 9.44. The minimum atomic E-state index is -0.501. The van der Waals surface area contributed by atoms with Gasteiger partial charge in [0.15, 0.2) is 0 Å².